The third-order valence-corrected chi connectivity index (χ3v) is 6.11. The summed E-state index contributed by atoms with van der Waals surface area (Å²) in [6.45, 7) is 1.91. The molecule has 2 heterocycles. The van der Waals surface area contributed by atoms with E-state index in [4.69, 9.17) is 0 Å². The number of hydrogen-bond donors (Lipinski definition) is 1. The highest BCUT2D eigenvalue weighted by Gasteiger charge is 2.36. The molecule has 1 saturated carbocycles. The maximum Gasteiger partial charge on any atom is 0.311 e. The summed E-state index contributed by atoms with van der Waals surface area (Å²) in [7, 11) is 1.92. The first-order valence-electron chi connectivity index (χ1n) is 9.34. The van der Waals surface area contributed by atoms with Crippen molar-refractivity contribution in [2.24, 2.45) is 24.8 Å². The molecule has 1 N–H and O–H groups in total. The van der Waals surface area contributed by atoms with E-state index in [1.807, 2.05) is 24.1 Å². The van der Waals surface area contributed by atoms with Gasteiger partial charge < -0.3 is 10.2 Å². The molecule has 1 aromatic rings. The number of nitrogens with zero attached hydrogens (tertiary/aromatic N) is 3. The molecule has 3 unspecified atom stereocenters. The number of piperidine rings is 1. The fourth-order valence-electron chi connectivity index (χ4n) is 4.64. The molecule has 2 aliphatic carbocycles. The normalized spacial score (nSPS) is 28.5. The summed E-state index contributed by atoms with van der Waals surface area (Å²) in [5.74, 6) is 1.41. The van der Waals surface area contributed by atoms with Gasteiger partial charge in [-0.05, 0) is 54.9 Å². The Balaban J connectivity index is 1.24. The Morgan fingerprint density at radius 3 is 2.64 bits per heavy atom. The molecule has 2 bridgehead atoms. The van der Waals surface area contributed by atoms with Gasteiger partial charge in [0, 0.05) is 32.9 Å². The predicted molar refractivity (Wildman–Crippen MR) is 93.6 cm³/mol. The molecule has 6 nitrogen and oxygen atoms in total. The monoisotopic (exact) mass is 342 g/mol. The Labute approximate surface area is 148 Å². The van der Waals surface area contributed by atoms with Crippen LogP contribution in [0, 0.1) is 17.8 Å². The van der Waals surface area contributed by atoms with Crippen molar-refractivity contribution in [1.82, 2.24) is 20.0 Å². The van der Waals surface area contributed by atoms with Crippen molar-refractivity contribution in [3.63, 3.8) is 0 Å². The Hall–Kier alpha value is -2.11. The van der Waals surface area contributed by atoms with Crippen LogP contribution in [0.2, 0.25) is 0 Å². The fourth-order valence-corrected chi connectivity index (χ4v) is 4.64. The average molecular weight is 342 g/mol. The smallest absolute Gasteiger partial charge is 0.311 e. The van der Waals surface area contributed by atoms with E-state index in [-0.39, 0.29) is 5.91 Å². The van der Waals surface area contributed by atoms with Crippen LogP contribution in [0.15, 0.2) is 24.5 Å². The summed E-state index contributed by atoms with van der Waals surface area (Å²) in [6.07, 6.45) is 12.7. The number of amides is 2. The topological polar surface area (TPSA) is 67.2 Å². The van der Waals surface area contributed by atoms with E-state index in [0.717, 1.165) is 19.3 Å². The summed E-state index contributed by atoms with van der Waals surface area (Å²) in [5, 5.41) is 7.09. The number of allylic oxidation sites excluding steroid dienone is 2. The van der Waals surface area contributed by atoms with Crippen molar-refractivity contribution >= 4 is 11.8 Å². The lowest BCUT2D eigenvalue weighted by Gasteiger charge is -2.31. The second-order valence-corrected chi connectivity index (χ2v) is 7.76. The van der Waals surface area contributed by atoms with Gasteiger partial charge in [0.1, 0.15) is 0 Å². The summed E-state index contributed by atoms with van der Waals surface area (Å²) in [4.78, 5) is 26.3. The van der Waals surface area contributed by atoms with Crippen LogP contribution in [0.3, 0.4) is 0 Å². The number of nitrogens with one attached hydrogen (secondary N) is 1. The average Bonchev–Trinajstić information content (AvgIpc) is 3.36. The van der Waals surface area contributed by atoms with Crippen LogP contribution >= 0.6 is 0 Å². The highest BCUT2D eigenvalue weighted by molar-refractivity contribution is 6.35. The summed E-state index contributed by atoms with van der Waals surface area (Å²) in [6, 6.07) is 0. The molecule has 3 atom stereocenters. The zero-order chi connectivity index (χ0) is 17.4. The SMILES string of the molecule is Cn1cc(C2CCN(C(=O)C(=O)NCC3CC4C=CC3C4)CC2)cn1. The molecule has 1 aromatic heterocycles. The van der Waals surface area contributed by atoms with Gasteiger partial charge in [-0.25, -0.2) is 0 Å². The fraction of sp³-hybridized carbons (Fsp3) is 0.632. The minimum absolute atomic E-state index is 0.372. The number of carbonyl (C=O) groups excluding carboxylic acids is 2. The quantitative estimate of drug-likeness (QED) is 0.668. The molecule has 0 aromatic carbocycles. The van der Waals surface area contributed by atoms with E-state index in [1.165, 1.54) is 12.0 Å². The van der Waals surface area contributed by atoms with Gasteiger partial charge in [-0.1, -0.05) is 12.2 Å². The zero-order valence-corrected chi connectivity index (χ0v) is 14.7. The Morgan fingerprint density at radius 2 is 2.04 bits per heavy atom. The molecular formula is C19H26N4O2. The molecule has 6 heteroatoms. The van der Waals surface area contributed by atoms with Crippen LogP contribution in [-0.4, -0.2) is 46.1 Å². The van der Waals surface area contributed by atoms with Crippen molar-refractivity contribution in [3.8, 4) is 0 Å². The number of likely N-dealkylation sites (tertiary alicyclic amines) is 1. The minimum atomic E-state index is -0.438. The van der Waals surface area contributed by atoms with Crippen LogP contribution in [-0.2, 0) is 16.6 Å². The number of aromatic nitrogens is 2. The van der Waals surface area contributed by atoms with E-state index in [2.05, 4.69) is 22.6 Å². The Morgan fingerprint density at radius 1 is 1.24 bits per heavy atom. The van der Waals surface area contributed by atoms with Gasteiger partial charge >= 0.3 is 11.8 Å². The molecular weight excluding hydrogens is 316 g/mol. The van der Waals surface area contributed by atoms with E-state index >= 15 is 0 Å². The zero-order valence-electron chi connectivity index (χ0n) is 14.7. The Bertz CT molecular complexity index is 687. The van der Waals surface area contributed by atoms with Crippen molar-refractivity contribution in [2.45, 2.75) is 31.6 Å². The molecule has 2 amide bonds. The molecule has 2 fully saturated rings. The number of fused-ring (bicyclic) bond motifs is 2. The molecule has 1 saturated heterocycles. The standard InChI is InChI=1S/C19H26N4O2/c1-22-12-17(11-21-22)14-4-6-23(7-5-14)19(25)18(24)20-10-16-9-13-2-3-15(16)8-13/h2-3,11-16H,4-10H2,1H3,(H,20,24). The maximum absolute atomic E-state index is 12.4. The summed E-state index contributed by atoms with van der Waals surface area (Å²) < 4.78 is 1.81. The first-order valence-corrected chi connectivity index (χ1v) is 9.34. The lowest BCUT2D eigenvalue weighted by Crippen LogP contribution is -2.47. The number of hydrogen-bond acceptors (Lipinski definition) is 3. The van der Waals surface area contributed by atoms with E-state index in [1.54, 1.807) is 4.90 Å². The van der Waals surface area contributed by atoms with Gasteiger partial charge in [-0.3, -0.25) is 14.3 Å². The maximum atomic E-state index is 12.4. The van der Waals surface area contributed by atoms with Crippen LogP contribution in [0.5, 0.6) is 0 Å². The predicted octanol–water partition coefficient (Wildman–Crippen LogP) is 1.45. The first kappa shape index (κ1) is 16.4. The molecule has 4 rings (SSSR count). The van der Waals surface area contributed by atoms with Crippen LogP contribution in [0.25, 0.3) is 0 Å². The van der Waals surface area contributed by atoms with Gasteiger partial charge in [-0.15, -0.1) is 0 Å². The summed E-state index contributed by atoms with van der Waals surface area (Å²) in [5.41, 5.74) is 1.23. The summed E-state index contributed by atoms with van der Waals surface area (Å²) >= 11 is 0. The van der Waals surface area contributed by atoms with Crippen molar-refractivity contribution in [2.75, 3.05) is 19.6 Å². The second kappa shape index (κ2) is 6.65. The second-order valence-electron chi connectivity index (χ2n) is 7.76. The molecule has 0 spiro atoms. The molecule has 3 aliphatic rings. The Kier molecular flexibility index (Phi) is 4.36. The van der Waals surface area contributed by atoms with Crippen molar-refractivity contribution in [3.05, 3.63) is 30.1 Å². The molecule has 25 heavy (non-hydrogen) atoms. The largest absolute Gasteiger partial charge is 0.348 e. The van der Waals surface area contributed by atoms with Gasteiger partial charge in [0.15, 0.2) is 0 Å². The van der Waals surface area contributed by atoms with Gasteiger partial charge in [0.05, 0.1) is 6.20 Å². The van der Waals surface area contributed by atoms with E-state index in [9.17, 15) is 9.59 Å². The van der Waals surface area contributed by atoms with Gasteiger partial charge in [-0.2, -0.15) is 5.10 Å². The lowest BCUT2D eigenvalue weighted by atomic mass is 9.91. The van der Waals surface area contributed by atoms with Crippen LogP contribution in [0.4, 0.5) is 0 Å². The van der Waals surface area contributed by atoms with Crippen molar-refractivity contribution < 1.29 is 9.59 Å². The minimum Gasteiger partial charge on any atom is -0.348 e. The van der Waals surface area contributed by atoms with Gasteiger partial charge in [0.25, 0.3) is 0 Å². The van der Waals surface area contributed by atoms with Gasteiger partial charge in [0.2, 0.25) is 0 Å². The number of carbonyl (C=O) groups is 2. The van der Waals surface area contributed by atoms with Crippen molar-refractivity contribution in [1.29, 1.82) is 0 Å². The number of aryl methyl sites for hydroxylation is 1. The third kappa shape index (κ3) is 3.34. The van der Waals surface area contributed by atoms with E-state index in [0.29, 0.717) is 43.3 Å². The highest BCUT2D eigenvalue weighted by atomic mass is 16.2. The van der Waals surface area contributed by atoms with Crippen LogP contribution in [0.1, 0.15) is 37.2 Å². The van der Waals surface area contributed by atoms with Crippen LogP contribution < -0.4 is 5.32 Å². The first-order chi connectivity index (χ1) is 12.1. The highest BCUT2D eigenvalue weighted by Crippen LogP contribution is 2.42. The van der Waals surface area contributed by atoms with E-state index < -0.39 is 5.91 Å². The molecule has 134 valence electrons. The lowest BCUT2D eigenvalue weighted by molar-refractivity contribution is -0.146. The third-order valence-electron chi connectivity index (χ3n) is 6.11. The number of rotatable bonds is 3. The molecule has 1 aliphatic heterocycles. The molecule has 0 radical (unpaired) electrons.